The number of fused-ring (bicyclic) bond motifs is 3. The molecule has 10 rings (SSSR count). The van der Waals surface area contributed by atoms with Crippen molar-refractivity contribution in [2.24, 2.45) is 29.1 Å². The standard InChI is InChI=1S/C30H31.C13H10.2ClH.Zr/c1-18-9-28(30-15-20-10-21(16-30)12-22(11-20)17-30)19(2)29(18)25-8-7-24-13-23-5-3-4-6-26(23)27(24)14-25;1-3-7-12(8-4-1)11-13-9-5-2-6-10-13;;;/h3-9,13-14,18,20-22H,10-12,15-17H2,1-2H3;1-10H;2*1H;/q;;;;+2/p-2. The maximum Gasteiger partial charge on any atom is -1.00 e. The van der Waals surface area contributed by atoms with Crippen molar-refractivity contribution in [3.05, 3.63) is 148 Å². The zero-order valence-corrected chi connectivity index (χ0v) is 30.7. The minimum atomic E-state index is -1.08. The molecule has 3 heteroatoms. The Hall–Kier alpha value is -2.31. The van der Waals surface area contributed by atoms with Gasteiger partial charge in [-0.1, -0.05) is 0 Å². The van der Waals surface area contributed by atoms with E-state index >= 15 is 0 Å². The molecule has 4 aromatic carbocycles. The Morgan fingerprint density at radius 3 is 1.80 bits per heavy atom. The fourth-order valence-corrected chi connectivity index (χ4v) is 15.0. The smallest absolute Gasteiger partial charge is 1.00 e. The van der Waals surface area contributed by atoms with Crippen molar-refractivity contribution in [1.29, 1.82) is 0 Å². The third-order valence-electron chi connectivity index (χ3n) is 11.9. The molecule has 4 saturated carbocycles. The molecule has 2 atom stereocenters. The number of halogens is 2. The van der Waals surface area contributed by atoms with Gasteiger partial charge in [-0.05, 0) is 0 Å². The summed E-state index contributed by atoms with van der Waals surface area (Å²) in [5.41, 5.74) is 15.7. The second-order valence-corrected chi connectivity index (χ2v) is 18.0. The van der Waals surface area contributed by atoms with Crippen LogP contribution < -0.4 is 24.8 Å². The van der Waals surface area contributed by atoms with Gasteiger partial charge in [0, 0.05) is 0 Å². The van der Waals surface area contributed by atoms with Crippen LogP contribution in [0, 0.1) is 29.1 Å². The molecule has 2 unspecified atom stereocenters. The molecule has 4 fully saturated rings. The molecular weight excluding hydrogens is 679 g/mol. The van der Waals surface area contributed by atoms with Crippen LogP contribution in [0.15, 0.2) is 120 Å². The van der Waals surface area contributed by atoms with Crippen molar-refractivity contribution in [3.63, 3.8) is 0 Å². The first kappa shape index (κ1) is 32.3. The second kappa shape index (κ2) is 12.6. The van der Waals surface area contributed by atoms with Crippen LogP contribution in [0.1, 0.15) is 83.8 Å². The molecule has 4 aromatic rings. The van der Waals surface area contributed by atoms with Gasteiger partial charge in [-0.15, -0.1) is 0 Å². The van der Waals surface area contributed by atoms with Gasteiger partial charge in [0.25, 0.3) is 0 Å². The molecule has 6 aliphatic rings. The normalized spacial score (nSPS) is 28.0. The fraction of sp³-hybridized carbons (Fsp3) is 0.326. The first-order chi connectivity index (χ1) is 21.6. The summed E-state index contributed by atoms with van der Waals surface area (Å²) in [5, 5.41) is 0. The Morgan fingerprint density at radius 1 is 0.652 bits per heavy atom. The third-order valence-corrected chi connectivity index (χ3v) is 16.3. The minimum absolute atomic E-state index is 0. The molecule has 0 amide bonds. The molecule has 0 aromatic heterocycles. The number of hydrogen-bond donors (Lipinski definition) is 0. The average Bonchev–Trinajstić information content (AvgIpc) is 3.52. The van der Waals surface area contributed by atoms with Gasteiger partial charge in [-0.2, -0.15) is 0 Å². The van der Waals surface area contributed by atoms with Crippen LogP contribution in [0.25, 0.3) is 16.7 Å². The van der Waals surface area contributed by atoms with Crippen molar-refractivity contribution in [2.75, 3.05) is 0 Å². The molecule has 0 N–H and O–H groups in total. The van der Waals surface area contributed by atoms with E-state index in [2.05, 4.69) is 123 Å². The molecule has 0 spiro atoms. The zero-order valence-electron chi connectivity index (χ0n) is 26.8. The van der Waals surface area contributed by atoms with Crippen molar-refractivity contribution in [3.8, 4) is 11.1 Å². The van der Waals surface area contributed by atoms with E-state index in [9.17, 15) is 0 Å². The summed E-state index contributed by atoms with van der Waals surface area (Å²) in [6.45, 7) is 4.94. The summed E-state index contributed by atoms with van der Waals surface area (Å²) in [6.07, 6.45) is 11.6. The summed E-state index contributed by atoms with van der Waals surface area (Å²) >= 11 is -1.08. The number of rotatable bonds is 5. The third kappa shape index (κ3) is 5.25. The van der Waals surface area contributed by atoms with E-state index in [4.69, 9.17) is 0 Å². The number of allylic oxidation sites excluding steroid dienone is 4. The molecule has 46 heavy (non-hydrogen) atoms. The topological polar surface area (TPSA) is 0 Å². The van der Waals surface area contributed by atoms with Gasteiger partial charge in [-0.3, -0.25) is 0 Å². The molecular formula is C43H41Cl2Zr. The Balaban J connectivity index is 0.00000169. The van der Waals surface area contributed by atoms with Gasteiger partial charge in [-0.25, -0.2) is 0 Å². The van der Waals surface area contributed by atoms with Crippen molar-refractivity contribution in [1.82, 2.24) is 0 Å². The van der Waals surface area contributed by atoms with Gasteiger partial charge >= 0.3 is 276 Å². The Kier molecular flexibility index (Phi) is 8.85. The predicted octanol–water partition coefficient (Wildman–Crippen LogP) is 4.68. The average molecular weight is 720 g/mol. The molecule has 0 aliphatic heterocycles. The molecule has 0 heterocycles. The maximum atomic E-state index is 2.71. The van der Waals surface area contributed by atoms with Crippen LogP contribution in [0.3, 0.4) is 0 Å². The summed E-state index contributed by atoms with van der Waals surface area (Å²) < 4.78 is 2.12. The van der Waals surface area contributed by atoms with E-state index in [0.29, 0.717) is 15.0 Å². The molecule has 0 nitrogen and oxygen atoms in total. The second-order valence-electron chi connectivity index (χ2n) is 14.7. The summed E-state index contributed by atoms with van der Waals surface area (Å²) in [6, 6.07) is 39.3. The van der Waals surface area contributed by atoms with Crippen molar-refractivity contribution >= 4 is 8.78 Å². The van der Waals surface area contributed by atoms with E-state index in [0.717, 1.165) is 17.8 Å². The van der Waals surface area contributed by atoms with E-state index in [1.54, 1.807) is 31.1 Å². The van der Waals surface area contributed by atoms with Crippen molar-refractivity contribution in [2.45, 2.75) is 56.0 Å². The number of hydrogen-bond acceptors (Lipinski definition) is 0. The minimum Gasteiger partial charge on any atom is -1.00 e. The van der Waals surface area contributed by atoms with E-state index in [1.165, 1.54) is 66.3 Å². The maximum absolute atomic E-state index is 2.71. The predicted molar refractivity (Wildman–Crippen MR) is 180 cm³/mol. The largest absolute Gasteiger partial charge is 1.00 e. The van der Waals surface area contributed by atoms with E-state index in [-0.39, 0.29) is 24.8 Å². The van der Waals surface area contributed by atoms with E-state index in [1.807, 2.05) is 0 Å². The molecule has 0 radical (unpaired) electrons. The van der Waals surface area contributed by atoms with Gasteiger partial charge in [0.15, 0.2) is 0 Å². The molecule has 6 aliphatic carbocycles. The fourth-order valence-electron chi connectivity index (χ4n) is 10.7. The Morgan fingerprint density at radius 2 is 1.20 bits per heavy atom. The summed E-state index contributed by atoms with van der Waals surface area (Å²) in [5.74, 6) is 3.46. The van der Waals surface area contributed by atoms with Crippen LogP contribution in [0.2, 0.25) is 0 Å². The van der Waals surface area contributed by atoms with Gasteiger partial charge in [0.1, 0.15) is 0 Å². The van der Waals surface area contributed by atoms with Crippen LogP contribution in [0.4, 0.5) is 0 Å². The summed E-state index contributed by atoms with van der Waals surface area (Å²) in [7, 11) is 0. The monoisotopic (exact) mass is 717 g/mol. The van der Waals surface area contributed by atoms with Crippen LogP contribution in [0.5, 0.6) is 0 Å². The number of benzene rings is 4. The first-order valence-electron chi connectivity index (χ1n) is 17.0. The van der Waals surface area contributed by atoms with Gasteiger partial charge < -0.3 is 24.8 Å². The van der Waals surface area contributed by atoms with Gasteiger partial charge in [0.05, 0.1) is 0 Å². The Bertz CT molecular complexity index is 1790. The SMILES string of the molecule is CC1=C(c2ccc3c(c2)-c2ccccc2[CH]3[Zr+2]=[C](c2ccccc2)c2ccccc2)C(C)C=C1C12CC3CC(CC(C3)C1)C2.[Cl-].[Cl-]. The van der Waals surface area contributed by atoms with Crippen LogP contribution >= 0.6 is 0 Å². The molecule has 231 valence electrons. The van der Waals surface area contributed by atoms with Gasteiger partial charge in [0.2, 0.25) is 0 Å². The van der Waals surface area contributed by atoms with E-state index < -0.39 is 22.8 Å². The zero-order chi connectivity index (χ0) is 29.4. The first-order valence-corrected chi connectivity index (χ1v) is 19.6. The van der Waals surface area contributed by atoms with Crippen LogP contribution in [-0.2, 0) is 22.8 Å². The van der Waals surface area contributed by atoms with Crippen molar-refractivity contribution < 1.29 is 47.6 Å². The Labute approximate surface area is 298 Å². The summed E-state index contributed by atoms with van der Waals surface area (Å²) in [4.78, 5) is 0. The quantitative estimate of drug-likeness (QED) is 0.281. The molecule has 0 saturated heterocycles. The van der Waals surface area contributed by atoms with Crippen LogP contribution in [-0.4, -0.2) is 3.21 Å². The molecule has 4 bridgehead atoms.